The van der Waals surface area contributed by atoms with Gasteiger partial charge in [0.15, 0.2) is 15.3 Å². The van der Waals surface area contributed by atoms with Crippen LogP contribution in [-0.4, -0.2) is 38.8 Å². The zero-order valence-corrected chi connectivity index (χ0v) is 16.8. The monoisotopic (exact) mass is 420 g/mol. The Labute approximate surface area is 168 Å². The maximum atomic E-state index is 13.4. The van der Waals surface area contributed by atoms with Crippen molar-refractivity contribution in [3.8, 4) is 0 Å². The highest BCUT2D eigenvalue weighted by atomic mass is 32.2. The van der Waals surface area contributed by atoms with Gasteiger partial charge in [-0.2, -0.15) is 0 Å². The highest BCUT2D eigenvalue weighted by Gasteiger charge is 2.81. The summed E-state index contributed by atoms with van der Waals surface area (Å²) in [5.74, 6) is -3.49. The van der Waals surface area contributed by atoms with E-state index in [1.165, 1.54) is 24.3 Å². The number of rotatable bonds is 7. The van der Waals surface area contributed by atoms with Crippen molar-refractivity contribution < 1.29 is 31.9 Å². The molecular weight excluding hydrogens is 399 g/mol. The van der Waals surface area contributed by atoms with Crippen LogP contribution in [0.3, 0.4) is 0 Å². The molecule has 29 heavy (non-hydrogen) atoms. The van der Waals surface area contributed by atoms with Gasteiger partial charge in [0.2, 0.25) is 0 Å². The SMILES string of the molecule is CCOC(=O)C1(C(=O)OCC)[C@H](S(=O)(=O)c2ccccc2)[C@@H]1c1ccc(F)cc1. The molecule has 0 unspecified atom stereocenters. The van der Waals surface area contributed by atoms with Gasteiger partial charge >= 0.3 is 11.9 Å². The fourth-order valence-corrected chi connectivity index (χ4v) is 6.02. The Bertz CT molecular complexity index is 983. The molecule has 2 aromatic rings. The molecule has 0 bridgehead atoms. The number of benzene rings is 2. The van der Waals surface area contributed by atoms with E-state index in [1.807, 2.05) is 0 Å². The summed E-state index contributed by atoms with van der Waals surface area (Å²) in [7, 11) is -4.10. The number of hydrogen-bond donors (Lipinski definition) is 0. The zero-order valence-electron chi connectivity index (χ0n) is 16.0. The van der Waals surface area contributed by atoms with Gasteiger partial charge in [-0.25, -0.2) is 12.8 Å². The van der Waals surface area contributed by atoms with Crippen molar-refractivity contribution in [2.45, 2.75) is 29.9 Å². The molecule has 1 aliphatic rings. The van der Waals surface area contributed by atoms with E-state index < -0.39 is 44.2 Å². The summed E-state index contributed by atoms with van der Waals surface area (Å²) in [5.41, 5.74) is -1.70. The third-order valence-corrected chi connectivity index (χ3v) is 7.24. The molecule has 1 aliphatic carbocycles. The van der Waals surface area contributed by atoms with Crippen LogP contribution in [0.25, 0.3) is 0 Å². The van der Waals surface area contributed by atoms with Crippen LogP contribution in [0, 0.1) is 11.2 Å². The summed E-state index contributed by atoms with van der Waals surface area (Å²) in [6, 6.07) is 12.6. The van der Waals surface area contributed by atoms with E-state index in [4.69, 9.17) is 9.47 Å². The number of ether oxygens (including phenoxy) is 2. The highest BCUT2D eigenvalue weighted by Crippen LogP contribution is 2.65. The molecule has 0 N–H and O–H groups in total. The minimum atomic E-state index is -4.10. The first-order chi connectivity index (χ1) is 13.8. The summed E-state index contributed by atoms with van der Waals surface area (Å²) in [6.45, 7) is 3.06. The van der Waals surface area contributed by atoms with Crippen molar-refractivity contribution in [2.75, 3.05) is 13.2 Å². The van der Waals surface area contributed by atoms with E-state index in [0.717, 1.165) is 12.1 Å². The average Bonchev–Trinajstić information content (AvgIpc) is 3.42. The molecule has 0 saturated heterocycles. The van der Waals surface area contributed by atoms with E-state index in [0.29, 0.717) is 5.56 Å². The number of sulfone groups is 1. The van der Waals surface area contributed by atoms with Gasteiger partial charge in [0.25, 0.3) is 0 Å². The largest absolute Gasteiger partial charge is 0.465 e. The molecule has 0 spiro atoms. The molecule has 8 heteroatoms. The Morgan fingerprint density at radius 1 is 0.931 bits per heavy atom. The van der Waals surface area contributed by atoms with Crippen molar-refractivity contribution in [2.24, 2.45) is 5.41 Å². The van der Waals surface area contributed by atoms with Crippen molar-refractivity contribution in [3.05, 3.63) is 66.0 Å². The third-order valence-electron chi connectivity index (χ3n) is 4.99. The molecule has 154 valence electrons. The third kappa shape index (κ3) is 3.42. The number of hydrogen-bond acceptors (Lipinski definition) is 6. The van der Waals surface area contributed by atoms with Gasteiger partial charge in [-0.15, -0.1) is 0 Å². The maximum absolute atomic E-state index is 13.4. The summed E-state index contributed by atoms with van der Waals surface area (Å²) in [6.07, 6.45) is 0. The maximum Gasteiger partial charge on any atom is 0.325 e. The predicted octanol–water partition coefficient (Wildman–Crippen LogP) is 2.88. The van der Waals surface area contributed by atoms with Gasteiger partial charge in [-0.1, -0.05) is 30.3 Å². The van der Waals surface area contributed by atoms with Crippen LogP contribution in [0.15, 0.2) is 59.5 Å². The zero-order chi connectivity index (χ0) is 21.2. The quantitative estimate of drug-likeness (QED) is 0.506. The summed E-state index contributed by atoms with van der Waals surface area (Å²) in [4.78, 5) is 25.8. The number of halogens is 1. The number of carbonyl (C=O) groups excluding carboxylic acids is 2. The fraction of sp³-hybridized carbons (Fsp3) is 0.333. The summed E-state index contributed by atoms with van der Waals surface area (Å²) in [5, 5.41) is -1.42. The number of esters is 2. The van der Waals surface area contributed by atoms with Crippen LogP contribution in [0.2, 0.25) is 0 Å². The van der Waals surface area contributed by atoms with Gasteiger partial charge in [0.05, 0.1) is 18.1 Å². The lowest BCUT2D eigenvalue weighted by Crippen LogP contribution is -2.35. The van der Waals surface area contributed by atoms with Gasteiger partial charge in [-0.05, 0) is 43.7 Å². The highest BCUT2D eigenvalue weighted by molar-refractivity contribution is 7.92. The normalized spacial score (nSPS) is 20.0. The topological polar surface area (TPSA) is 86.7 Å². The minimum absolute atomic E-state index is 0.0208. The van der Waals surface area contributed by atoms with Crippen LogP contribution in [0.5, 0.6) is 0 Å². The van der Waals surface area contributed by atoms with Gasteiger partial charge in [-0.3, -0.25) is 9.59 Å². The van der Waals surface area contributed by atoms with E-state index in [9.17, 15) is 22.4 Å². The van der Waals surface area contributed by atoms with Crippen LogP contribution in [-0.2, 0) is 28.9 Å². The lowest BCUT2D eigenvalue weighted by Gasteiger charge is -2.15. The molecule has 2 aromatic carbocycles. The van der Waals surface area contributed by atoms with E-state index in [2.05, 4.69) is 0 Å². The first-order valence-electron chi connectivity index (χ1n) is 9.20. The van der Waals surface area contributed by atoms with Crippen LogP contribution < -0.4 is 0 Å². The Balaban J connectivity index is 2.19. The molecule has 2 atom stereocenters. The molecule has 0 aromatic heterocycles. The van der Waals surface area contributed by atoms with Crippen LogP contribution in [0.1, 0.15) is 25.3 Å². The Kier molecular flexibility index (Phi) is 5.75. The Morgan fingerprint density at radius 3 is 1.93 bits per heavy atom. The van der Waals surface area contributed by atoms with Gasteiger partial charge in [0, 0.05) is 5.92 Å². The lowest BCUT2D eigenvalue weighted by molar-refractivity contribution is -0.164. The van der Waals surface area contributed by atoms with Crippen molar-refractivity contribution in [1.82, 2.24) is 0 Å². The van der Waals surface area contributed by atoms with Crippen LogP contribution in [0.4, 0.5) is 4.39 Å². The molecule has 0 radical (unpaired) electrons. The van der Waals surface area contributed by atoms with E-state index >= 15 is 0 Å². The molecule has 0 aliphatic heterocycles. The second kappa shape index (κ2) is 7.94. The van der Waals surface area contributed by atoms with E-state index in [-0.39, 0.29) is 18.1 Å². The molecule has 1 fully saturated rings. The lowest BCUT2D eigenvalue weighted by atomic mass is 9.99. The molecule has 0 amide bonds. The molecule has 1 saturated carbocycles. The Hall–Kier alpha value is -2.74. The van der Waals surface area contributed by atoms with Crippen molar-refractivity contribution >= 4 is 21.8 Å². The molecule has 6 nitrogen and oxygen atoms in total. The molecule has 3 rings (SSSR count). The summed E-state index contributed by atoms with van der Waals surface area (Å²) >= 11 is 0. The van der Waals surface area contributed by atoms with Crippen molar-refractivity contribution in [1.29, 1.82) is 0 Å². The standard InChI is InChI=1S/C21H21FO6S/c1-3-27-19(23)21(20(24)28-4-2)17(14-10-12-15(22)13-11-14)18(21)29(25,26)16-8-6-5-7-9-16/h5-13,17-18H,3-4H2,1-2H3/t17-,18+/m0/s1. The fourth-order valence-electron chi connectivity index (χ4n) is 3.72. The smallest absolute Gasteiger partial charge is 0.325 e. The van der Waals surface area contributed by atoms with Crippen LogP contribution >= 0.6 is 0 Å². The van der Waals surface area contributed by atoms with E-state index in [1.54, 1.807) is 32.0 Å². The average molecular weight is 420 g/mol. The van der Waals surface area contributed by atoms with Crippen molar-refractivity contribution in [3.63, 3.8) is 0 Å². The molecule has 0 heterocycles. The number of carbonyl (C=O) groups is 2. The first-order valence-corrected chi connectivity index (χ1v) is 10.7. The second-order valence-corrected chi connectivity index (χ2v) is 8.69. The molecular formula is C21H21FO6S. The summed E-state index contributed by atoms with van der Waals surface area (Å²) < 4.78 is 50.4. The van der Waals surface area contributed by atoms with Gasteiger partial charge in [0.1, 0.15) is 11.1 Å². The second-order valence-electron chi connectivity index (χ2n) is 6.62. The predicted molar refractivity (Wildman–Crippen MR) is 102 cm³/mol. The first kappa shape index (κ1) is 21.0. The van der Waals surface area contributed by atoms with Gasteiger partial charge < -0.3 is 9.47 Å². The Morgan fingerprint density at radius 2 is 1.45 bits per heavy atom. The minimum Gasteiger partial charge on any atom is -0.465 e.